The number of benzene rings is 1. The fourth-order valence-electron chi connectivity index (χ4n) is 1.82. The summed E-state index contributed by atoms with van der Waals surface area (Å²) in [7, 11) is 1.66. The summed E-state index contributed by atoms with van der Waals surface area (Å²) in [6.45, 7) is 4.05. The maximum Gasteiger partial charge on any atom is 0.182 e. The molecule has 0 bridgehead atoms. The van der Waals surface area contributed by atoms with Crippen molar-refractivity contribution in [2.45, 2.75) is 13.8 Å². The van der Waals surface area contributed by atoms with E-state index in [0.29, 0.717) is 10.1 Å². The van der Waals surface area contributed by atoms with Gasteiger partial charge in [0.1, 0.15) is 16.4 Å². The van der Waals surface area contributed by atoms with Gasteiger partial charge < -0.3 is 16.2 Å². The Bertz CT molecular complexity index is 563. The van der Waals surface area contributed by atoms with Gasteiger partial charge in [-0.1, -0.05) is 11.3 Å². The molecule has 2 aromatic rings. The number of hydrogen-bond donors (Lipinski definition) is 2. The quantitative estimate of drug-likeness (QED) is 0.858. The second kappa shape index (κ2) is 4.25. The Hall–Kier alpha value is -1.75. The van der Waals surface area contributed by atoms with Gasteiger partial charge in [0, 0.05) is 5.56 Å². The number of ether oxygens (including phenoxy) is 1. The number of thiazole rings is 1. The maximum atomic E-state index is 5.91. The van der Waals surface area contributed by atoms with E-state index in [4.69, 9.17) is 16.2 Å². The third-order valence-electron chi connectivity index (χ3n) is 2.88. The molecule has 0 saturated carbocycles. The molecule has 2 rings (SSSR count). The Morgan fingerprint density at radius 3 is 2.41 bits per heavy atom. The van der Waals surface area contributed by atoms with Crippen molar-refractivity contribution in [3.8, 4) is 17.0 Å². The average molecular weight is 249 g/mol. The highest BCUT2D eigenvalue weighted by atomic mass is 32.1. The van der Waals surface area contributed by atoms with Crippen LogP contribution in [0.1, 0.15) is 11.1 Å². The summed E-state index contributed by atoms with van der Waals surface area (Å²) in [6, 6.07) is 3.89. The number of anilines is 2. The molecule has 0 amide bonds. The van der Waals surface area contributed by atoms with Crippen LogP contribution in [-0.4, -0.2) is 12.1 Å². The highest BCUT2D eigenvalue weighted by Gasteiger charge is 2.14. The van der Waals surface area contributed by atoms with Gasteiger partial charge in [-0.2, -0.15) is 0 Å². The van der Waals surface area contributed by atoms with Gasteiger partial charge in [0.15, 0.2) is 5.13 Å². The second-order valence-corrected chi connectivity index (χ2v) is 4.89. The van der Waals surface area contributed by atoms with Gasteiger partial charge in [-0.25, -0.2) is 4.98 Å². The summed E-state index contributed by atoms with van der Waals surface area (Å²) in [5, 5.41) is 1.14. The monoisotopic (exact) mass is 249 g/mol. The number of aromatic nitrogens is 1. The second-order valence-electron chi connectivity index (χ2n) is 3.83. The molecule has 17 heavy (non-hydrogen) atoms. The first-order valence-electron chi connectivity index (χ1n) is 5.21. The standard InChI is InChI=1S/C12H15N3OS/c1-6-7(2)9(16-3)5-4-8(6)10-11(13)17-12(14)15-10/h4-5H,13H2,1-3H3,(H2,14,15). The molecule has 0 aliphatic rings. The smallest absolute Gasteiger partial charge is 0.182 e. The molecule has 0 radical (unpaired) electrons. The van der Waals surface area contributed by atoms with E-state index >= 15 is 0 Å². The molecular formula is C12H15N3OS. The van der Waals surface area contributed by atoms with Crippen LogP contribution >= 0.6 is 11.3 Å². The fourth-order valence-corrected chi connectivity index (χ4v) is 2.43. The Morgan fingerprint density at radius 2 is 1.88 bits per heavy atom. The lowest BCUT2D eigenvalue weighted by molar-refractivity contribution is 0.411. The number of nitrogens with zero attached hydrogens (tertiary/aromatic N) is 1. The van der Waals surface area contributed by atoms with Gasteiger partial charge in [0.05, 0.1) is 7.11 Å². The molecule has 0 aliphatic heterocycles. The molecule has 0 saturated heterocycles. The van der Waals surface area contributed by atoms with Crippen LogP contribution in [0.3, 0.4) is 0 Å². The van der Waals surface area contributed by atoms with Gasteiger partial charge in [0.25, 0.3) is 0 Å². The minimum atomic E-state index is 0.491. The van der Waals surface area contributed by atoms with Crippen molar-refractivity contribution in [3.05, 3.63) is 23.3 Å². The van der Waals surface area contributed by atoms with Crippen molar-refractivity contribution in [2.24, 2.45) is 0 Å². The van der Waals surface area contributed by atoms with E-state index in [9.17, 15) is 0 Å². The molecule has 1 heterocycles. The summed E-state index contributed by atoms with van der Waals surface area (Å²) in [4.78, 5) is 4.27. The largest absolute Gasteiger partial charge is 0.496 e. The summed E-state index contributed by atoms with van der Waals surface area (Å²) in [6.07, 6.45) is 0. The summed E-state index contributed by atoms with van der Waals surface area (Å²) in [5.74, 6) is 0.869. The van der Waals surface area contributed by atoms with Crippen LogP contribution in [0.5, 0.6) is 5.75 Å². The molecule has 1 aromatic carbocycles. The van der Waals surface area contributed by atoms with Crippen molar-refractivity contribution in [2.75, 3.05) is 18.6 Å². The number of nitrogen functional groups attached to an aromatic ring is 2. The Kier molecular flexibility index (Phi) is 2.93. The first kappa shape index (κ1) is 11.7. The number of nitrogens with two attached hydrogens (primary N) is 2. The number of hydrogen-bond acceptors (Lipinski definition) is 5. The topological polar surface area (TPSA) is 74.2 Å². The van der Waals surface area contributed by atoms with E-state index in [0.717, 1.165) is 28.1 Å². The van der Waals surface area contributed by atoms with E-state index in [1.807, 2.05) is 26.0 Å². The zero-order valence-corrected chi connectivity index (χ0v) is 10.9. The van der Waals surface area contributed by atoms with Gasteiger partial charge in [-0.3, -0.25) is 0 Å². The minimum absolute atomic E-state index is 0.491. The molecule has 0 atom stereocenters. The van der Waals surface area contributed by atoms with Gasteiger partial charge >= 0.3 is 0 Å². The van der Waals surface area contributed by atoms with Crippen LogP contribution in [-0.2, 0) is 0 Å². The normalized spacial score (nSPS) is 10.5. The third-order valence-corrected chi connectivity index (χ3v) is 3.60. The van der Waals surface area contributed by atoms with E-state index < -0.39 is 0 Å². The van der Waals surface area contributed by atoms with Crippen molar-refractivity contribution in [1.29, 1.82) is 0 Å². The predicted molar refractivity (Wildman–Crippen MR) is 72.4 cm³/mol. The van der Waals surface area contributed by atoms with E-state index in [2.05, 4.69) is 4.98 Å². The molecule has 5 heteroatoms. The van der Waals surface area contributed by atoms with Gasteiger partial charge in [0.2, 0.25) is 0 Å². The zero-order valence-electron chi connectivity index (χ0n) is 10.1. The fraction of sp³-hybridized carbons (Fsp3) is 0.250. The number of rotatable bonds is 2. The highest BCUT2D eigenvalue weighted by molar-refractivity contribution is 7.19. The summed E-state index contributed by atoms with van der Waals surface area (Å²) >= 11 is 1.30. The first-order chi connectivity index (χ1) is 8.04. The molecule has 0 fully saturated rings. The van der Waals surface area contributed by atoms with Crippen molar-refractivity contribution >= 4 is 21.5 Å². The summed E-state index contributed by atoms with van der Waals surface area (Å²) in [5.41, 5.74) is 15.5. The Morgan fingerprint density at radius 1 is 1.18 bits per heavy atom. The molecule has 0 aliphatic carbocycles. The lowest BCUT2D eigenvalue weighted by Gasteiger charge is -2.11. The van der Waals surface area contributed by atoms with E-state index in [-0.39, 0.29) is 0 Å². The van der Waals surface area contributed by atoms with E-state index in [1.165, 1.54) is 11.3 Å². The highest BCUT2D eigenvalue weighted by Crippen LogP contribution is 2.36. The lowest BCUT2D eigenvalue weighted by atomic mass is 10.0. The molecule has 0 unspecified atom stereocenters. The Labute approximate surface area is 104 Å². The van der Waals surface area contributed by atoms with Crippen LogP contribution in [0.2, 0.25) is 0 Å². The molecule has 4 nitrogen and oxygen atoms in total. The van der Waals surface area contributed by atoms with Crippen LogP contribution in [0.4, 0.5) is 10.1 Å². The Balaban J connectivity index is 2.61. The molecular weight excluding hydrogens is 234 g/mol. The van der Waals surface area contributed by atoms with Crippen molar-refractivity contribution in [1.82, 2.24) is 4.98 Å². The SMILES string of the molecule is COc1ccc(-c2nc(N)sc2N)c(C)c1C. The number of methoxy groups -OCH3 is 1. The van der Waals surface area contributed by atoms with Crippen molar-refractivity contribution in [3.63, 3.8) is 0 Å². The summed E-state index contributed by atoms with van der Waals surface area (Å²) < 4.78 is 5.28. The first-order valence-corrected chi connectivity index (χ1v) is 6.02. The van der Waals surface area contributed by atoms with Crippen LogP contribution in [0.25, 0.3) is 11.3 Å². The molecule has 90 valence electrons. The molecule has 0 spiro atoms. The van der Waals surface area contributed by atoms with Crippen LogP contribution in [0, 0.1) is 13.8 Å². The molecule has 1 aromatic heterocycles. The van der Waals surface area contributed by atoms with Gasteiger partial charge in [-0.15, -0.1) is 0 Å². The van der Waals surface area contributed by atoms with Crippen molar-refractivity contribution < 1.29 is 4.74 Å². The third kappa shape index (κ3) is 1.93. The van der Waals surface area contributed by atoms with E-state index in [1.54, 1.807) is 7.11 Å². The average Bonchev–Trinajstić information content (AvgIpc) is 2.62. The van der Waals surface area contributed by atoms with Crippen LogP contribution < -0.4 is 16.2 Å². The predicted octanol–water partition coefficient (Wildman–Crippen LogP) is 2.60. The maximum absolute atomic E-state index is 5.91. The van der Waals surface area contributed by atoms with Gasteiger partial charge in [-0.05, 0) is 37.1 Å². The zero-order chi connectivity index (χ0) is 12.6. The minimum Gasteiger partial charge on any atom is -0.496 e. The van der Waals surface area contributed by atoms with Crippen LogP contribution in [0.15, 0.2) is 12.1 Å². The lowest BCUT2D eigenvalue weighted by Crippen LogP contribution is -1.95. The molecule has 4 N–H and O–H groups in total.